The molecule has 0 unspecified atom stereocenters. The molecule has 140 valence electrons. The SMILES string of the molecule is COc1cccc(NC(=O)CCn2nc(C(F)(F)F)c(Cl)c2C2CC2)c1. The van der Waals surface area contributed by atoms with Gasteiger partial charge in [-0.05, 0) is 25.0 Å². The number of carbonyl (C=O) groups is 1. The zero-order chi connectivity index (χ0) is 18.9. The van der Waals surface area contributed by atoms with Crippen LogP contribution >= 0.6 is 11.6 Å². The Morgan fingerprint density at radius 3 is 2.77 bits per heavy atom. The number of benzene rings is 1. The molecule has 1 saturated carbocycles. The highest BCUT2D eigenvalue weighted by molar-refractivity contribution is 6.32. The Bertz CT molecular complexity index is 816. The van der Waals surface area contributed by atoms with Gasteiger partial charge in [-0.1, -0.05) is 17.7 Å². The van der Waals surface area contributed by atoms with Crippen molar-refractivity contribution in [2.45, 2.75) is 37.9 Å². The van der Waals surface area contributed by atoms with E-state index in [0.717, 1.165) is 12.8 Å². The number of aryl methyl sites for hydroxylation is 1. The molecule has 1 fully saturated rings. The Labute approximate surface area is 153 Å². The minimum absolute atomic E-state index is 0.0208. The van der Waals surface area contributed by atoms with Crippen molar-refractivity contribution >= 4 is 23.2 Å². The number of methoxy groups -OCH3 is 1. The summed E-state index contributed by atoms with van der Waals surface area (Å²) in [6, 6.07) is 6.81. The summed E-state index contributed by atoms with van der Waals surface area (Å²) in [7, 11) is 1.51. The molecule has 1 aromatic carbocycles. The summed E-state index contributed by atoms with van der Waals surface area (Å²) in [6.07, 6.45) is -3.08. The summed E-state index contributed by atoms with van der Waals surface area (Å²) in [5, 5.41) is 5.94. The van der Waals surface area contributed by atoms with Gasteiger partial charge < -0.3 is 10.1 Å². The summed E-state index contributed by atoms with van der Waals surface area (Å²) in [4.78, 5) is 12.1. The Kier molecular flexibility index (Phi) is 5.13. The Morgan fingerprint density at radius 1 is 1.42 bits per heavy atom. The molecule has 0 radical (unpaired) electrons. The molecule has 0 bridgehead atoms. The quantitative estimate of drug-likeness (QED) is 0.795. The first-order valence-corrected chi connectivity index (χ1v) is 8.44. The van der Waals surface area contributed by atoms with Crippen molar-refractivity contribution in [3.05, 3.63) is 40.7 Å². The first-order chi connectivity index (χ1) is 12.3. The van der Waals surface area contributed by atoms with Gasteiger partial charge in [0.15, 0.2) is 5.69 Å². The maximum absolute atomic E-state index is 13.0. The molecule has 0 saturated heterocycles. The van der Waals surface area contributed by atoms with Crippen molar-refractivity contribution in [2.24, 2.45) is 0 Å². The van der Waals surface area contributed by atoms with Crippen molar-refractivity contribution in [1.82, 2.24) is 9.78 Å². The van der Waals surface area contributed by atoms with Crippen LogP contribution in [-0.4, -0.2) is 22.8 Å². The van der Waals surface area contributed by atoms with Crippen LogP contribution in [-0.2, 0) is 17.5 Å². The highest BCUT2D eigenvalue weighted by Crippen LogP contribution is 2.46. The normalized spacial score (nSPS) is 14.3. The van der Waals surface area contributed by atoms with Crippen molar-refractivity contribution in [1.29, 1.82) is 0 Å². The average molecular weight is 388 g/mol. The van der Waals surface area contributed by atoms with Crippen molar-refractivity contribution < 1.29 is 22.7 Å². The van der Waals surface area contributed by atoms with E-state index in [1.54, 1.807) is 24.3 Å². The molecule has 1 amide bonds. The van der Waals surface area contributed by atoms with Crippen LogP contribution in [0.1, 0.15) is 36.6 Å². The second-order valence-corrected chi connectivity index (χ2v) is 6.45. The van der Waals surface area contributed by atoms with Crippen LogP contribution in [0.4, 0.5) is 18.9 Å². The topological polar surface area (TPSA) is 56.1 Å². The van der Waals surface area contributed by atoms with Crippen molar-refractivity contribution in [3.8, 4) is 5.75 Å². The molecule has 1 N–H and O–H groups in total. The number of hydrogen-bond acceptors (Lipinski definition) is 3. The third kappa shape index (κ3) is 4.12. The lowest BCUT2D eigenvalue weighted by atomic mass is 10.2. The number of rotatable bonds is 6. The fourth-order valence-electron chi connectivity index (χ4n) is 2.68. The molecular formula is C17H17ClF3N3O2. The van der Waals surface area contributed by atoms with Crippen LogP contribution in [0, 0.1) is 0 Å². The lowest BCUT2D eigenvalue weighted by Gasteiger charge is -2.09. The molecule has 5 nitrogen and oxygen atoms in total. The number of ether oxygens (including phenoxy) is 1. The predicted octanol–water partition coefficient (Wildman–Crippen LogP) is 4.47. The smallest absolute Gasteiger partial charge is 0.436 e. The van der Waals surface area contributed by atoms with Gasteiger partial charge in [-0.25, -0.2) is 0 Å². The van der Waals surface area contributed by atoms with Gasteiger partial charge in [-0.3, -0.25) is 9.48 Å². The van der Waals surface area contributed by atoms with E-state index in [-0.39, 0.29) is 29.8 Å². The molecule has 0 atom stereocenters. The molecule has 1 aliphatic carbocycles. The minimum Gasteiger partial charge on any atom is -0.497 e. The van der Waals surface area contributed by atoms with Crippen molar-refractivity contribution in [3.63, 3.8) is 0 Å². The van der Waals surface area contributed by atoms with Gasteiger partial charge in [-0.15, -0.1) is 0 Å². The highest BCUT2D eigenvalue weighted by Gasteiger charge is 2.41. The molecule has 0 spiro atoms. The number of nitrogens with one attached hydrogen (secondary N) is 1. The Balaban J connectivity index is 1.70. The van der Waals surface area contributed by atoms with E-state index in [4.69, 9.17) is 16.3 Å². The number of nitrogens with zero attached hydrogens (tertiary/aromatic N) is 2. The van der Waals surface area contributed by atoms with E-state index in [1.165, 1.54) is 11.8 Å². The number of amides is 1. The number of halogens is 4. The second kappa shape index (κ2) is 7.19. The zero-order valence-corrected chi connectivity index (χ0v) is 14.7. The van der Waals surface area contributed by atoms with Gasteiger partial charge in [0.2, 0.25) is 5.91 Å². The van der Waals surface area contributed by atoms with Gasteiger partial charge in [0.25, 0.3) is 0 Å². The molecular weight excluding hydrogens is 371 g/mol. The van der Waals surface area contributed by atoms with E-state index >= 15 is 0 Å². The van der Waals surface area contributed by atoms with Gasteiger partial charge >= 0.3 is 6.18 Å². The van der Waals surface area contributed by atoms with Crippen LogP contribution < -0.4 is 10.1 Å². The van der Waals surface area contributed by atoms with Gasteiger partial charge in [-0.2, -0.15) is 18.3 Å². The second-order valence-electron chi connectivity index (χ2n) is 6.07. The number of anilines is 1. The predicted molar refractivity (Wildman–Crippen MR) is 90.5 cm³/mol. The standard InChI is InChI=1S/C17H17ClF3N3O2/c1-26-12-4-2-3-11(9-12)22-13(25)7-8-24-15(10-5-6-10)14(18)16(23-24)17(19,20)21/h2-4,9-10H,5-8H2,1H3,(H,22,25). The lowest BCUT2D eigenvalue weighted by Crippen LogP contribution is -2.16. The summed E-state index contributed by atoms with van der Waals surface area (Å²) >= 11 is 5.91. The molecule has 3 rings (SSSR count). The van der Waals surface area contributed by atoms with Crippen LogP contribution in [0.5, 0.6) is 5.75 Å². The molecule has 1 heterocycles. The number of aromatic nitrogens is 2. The fourth-order valence-corrected chi connectivity index (χ4v) is 3.08. The molecule has 9 heteroatoms. The summed E-state index contributed by atoms with van der Waals surface area (Å²) < 4.78 is 45.4. The third-order valence-corrected chi connectivity index (χ3v) is 4.44. The molecule has 1 aromatic heterocycles. The summed E-state index contributed by atoms with van der Waals surface area (Å²) in [5.74, 6) is 0.236. The van der Waals surface area contributed by atoms with Gasteiger partial charge in [0, 0.05) is 24.1 Å². The van der Waals surface area contributed by atoms with E-state index in [2.05, 4.69) is 10.4 Å². The average Bonchev–Trinajstić information content (AvgIpc) is 3.35. The zero-order valence-electron chi connectivity index (χ0n) is 13.9. The first kappa shape index (κ1) is 18.6. The molecule has 26 heavy (non-hydrogen) atoms. The van der Waals surface area contributed by atoms with E-state index in [0.29, 0.717) is 17.1 Å². The maximum atomic E-state index is 13.0. The number of alkyl halides is 3. The highest BCUT2D eigenvalue weighted by atomic mass is 35.5. The first-order valence-electron chi connectivity index (χ1n) is 8.07. The van der Waals surface area contributed by atoms with Crippen LogP contribution in [0.3, 0.4) is 0 Å². The lowest BCUT2D eigenvalue weighted by molar-refractivity contribution is -0.141. The fraction of sp³-hybridized carbons (Fsp3) is 0.412. The van der Waals surface area contributed by atoms with E-state index in [1.807, 2.05) is 0 Å². The largest absolute Gasteiger partial charge is 0.497 e. The Hall–Kier alpha value is -2.22. The summed E-state index contributed by atoms with van der Waals surface area (Å²) in [6.45, 7) is 0.0252. The monoisotopic (exact) mass is 387 g/mol. The van der Waals surface area contributed by atoms with E-state index in [9.17, 15) is 18.0 Å². The third-order valence-electron chi connectivity index (χ3n) is 4.07. The molecule has 1 aliphatic rings. The van der Waals surface area contributed by atoms with E-state index < -0.39 is 11.9 Å². The van der Waals surface area contributed by atoms with Gasteiger partial charge in [0.1, 0.15) is 5.75 Å². The van der Waals surface area contributed by atoms with Crippen LogP contribution in [0.25, 0.3) is 0 Å². The molecule has 2 aromatic rings. The number of carbonyl (C=O) groups excluding carboxylic acids is 1. The Morgan fingerprint density at radius 2 is 2.15 bits per heavy atom. The molecule has 0 aliphatic heterocycles. The summed E-state index contributed by atoms with van der Waals surface area (Å²) in [5.41, 5.74) is -0.173. The van der Waals surface area contributed by atoms with Crippen LogP contribution in [0.2, 0.25) is 5.02 Å². The van der Waals surface area contributed by atoms with Crippen molar-refractivity contribution in [2.75, 3.05) is 12.4 Å². The maximum Gasteiger partial charge on any atom is 0.436 e. The van der Waals surface area contributed by atoms with Crippen LogP contribution in [0.15, 0.2) is 24.3 Å². The minimum atomic E-state index is -4.62. The number of hydrogen-bond donors (Lipinski definition) is 1. The van der Waals surface area contributed by atoms with Gasteiger partial charge in [0.05, 0.1) is 24.4 Å².